The van der Waals surface area contributed by atoms with Crippen molar-refractivity contribution in [1.82, 2.24) is 9.88 Å². The molecule has 22 heavy (non-hydrogen) atoms. The molecule has 1 aromatic heterocycles. The summed E-state index contributed by atoms with van der Waals surface area (Å²) in [6.45, 7) is 1.58. The molecule has 1 saturated heterocycles. The Hall–Kier alpha value is -2.23. The number of fused-ring (bicyclic) bond motifs is 4. The van der Waals surface area contributed by atoms with Gasteiger partial charge in [-0.2, -0.15) is 5.26 Å². The van der Waals surface area contributed by atoms with E-state index in [9.17, 15) is 13.6 Å². The summed E-state index contributed by atoms with van der Waals surface area (Å²) >= 11 is 0. The summed E-state index contributed by atoms with van der Waals surface area (Å²) in [7, 11) is 0. The first-order valence-corrected chi connectivity index (χ1v) is 7.11. The molecule has 2 aliphatic heterocycles. The summed E-state index contributed by atoms with van der Waals surface area (Å²) in [5.74, 6) is -3.04. The molecule has 3 heterocycles. The number of likely N-dealkylation sites (tertiary alicyclic amines) is 1. The van der Waals surface area contributed by atoms with E-state index in [1.165, 1.54) is 18.0 Å². The van der Waals surface area contributed by atoms with E-state index < -0.39 is 23.7 Å². The Labute approximate surface area is 125 Å². The van der Waals surface area contributed by atoms with E-state index in [4.69, 9.17) is 10.00 Å². The molecule has 7 heteroatoms. The van der Waals surface area contributed by atoms with Crippen LogP contribution in [-0.2, 0) is 4.79 Å². The highest BCUT2D eigenvalue weighted by molar-refractivity contribution is 5.88. The van der Waals surface area contributed by atoms with E-state index in [0.717, 1.165) is 0 Å². The fraction of sp³-hybridized carbons (Fsp3) is 0.533. The van der Waals surface area contributed by atoms with Gasteiger partial charge in [-0.3, -0.25) is 9.78 Å². The van der Waals surface area contributed by atoms with Crippen molar-refractivity contribution < 1.29 is 18.3 Å². The van der Waals surface area contributed by atoms with Crippen molar-refractivity contribution in [3.05, 3.63) is 23.5 Å². The third-order valence-corrected chi connectivity index (χ3v) is 4.94. The highest BCUT2D eigenvalue weighted by Gasteiger charge is 2.74. The molecule has 1 aliphatic carbocycles. The first-order chi connectivity index (χ1) is 10.4. The van der Waals surface area contributed by atoms with E-state index in [1.54, 1.807) is 6.20 Å². The molecular weight excluding hydrogens is 292 g/mol. The highest BCUT2D eigenvalue weighted by Crippen LogP contribution is 2.62. The Kier molecular flexibility index (Phi) is 2.41. The van der Waals surface area contributed by atoms with Crippen LogP contribution >= 0.6 is 0 Å². The quantitative estimate of drug-likeness (QED) is 0.796. The summed E-state index contributed by atoms with van der Waals surface area (Å²) in [6, 6.07) is 1.68. The fourth-order valence-corrected chi connectivity index (χ4v) is 3.43. The Morgan fingerprint density at radius 3 is 2.91 bits per heavy atom. The van der Waals surface area contributed by atoms with Gasteiger partial charge in [-0.1, -0.05) is 0 Å². The number of amides is 1. The molecule has 0 N–H and O–H groups in total. The van der Waals surface area contributed by atoms with Gasteiger partial charge in [0.05, 0.1) is 12.6 Å². The third-order valence-electron chi connectivity index (χ3n) is 4.94. The number of nitriles is 1. The minimum atomic E-state index is -2.93. The minimum absolute atomic E-state index is 0.257. The number of halogens is 2. The average molecular weight is 305 g/mol. The highest BCUT2D eigenvalue weighted by atomic mass is 19.3. The summed E-state index contributed by atoms with van der Waals surface area (Å²) in [4.78, 5) is 18.0. The first-order valence-electron chi connectivity index (χ1n) is 7.11. The number of carbonyl (C=O) groups is 1. The van der Waals surface area contributed by atoms with Gasteiger partial charge in [-0.05, 0) is 6.92 Å². The Bertz CT molecular complexity index is 730. The molecule has 5 nitrogen and oxygen atoms in total. The Balaban J connectivity index is 1.71. The predicted molar refractivity (Wildman–Crippen MR) is 70.1 cm³/mol. The molecule has 1 aromatic rings. The van der Waals surface area contributed by atoms with Gasteiger partial charge in [0.2, 0.25) is 5.91 Å². The van der Waals surface area contributed by atoms with Crippen LogP contribution in [0.2, 0.25) is 0 Å². The van der Waals surface area contributed by atoms with Crippen molar-refractivity contribution in [2.75, 3.05) is 6.54 Å². The van der Waals surface area contributed by atoms with Gasteiger partial charge in [0, 0.05) is 30.8 Å². The summed E-state index contributed by atoms with van der Waals surface area (Å²) in [5.41, 5.74) is -0.663. The van der Waals surface area contributed by atoms with Gasteiger partial charge in [0.15, 0.2) is 0 Å². The van der Waals surface area contributed by atoms with Crippen molar-refractivity contribution >= 4 is 5.91 Å². The zero-order chi connectivity index (χ0) is 15.7. The Morgan fingerprint density at radius 1 is 1.55 bits per heavy atom. The van der Waals surface area contributed by atoms with Gasteiger partial charge in [0.25, 0.3) is 5.92 Å². The molecular formula is C15H13F2N3O2. The minimum Gasteiger partial charge on any atom is -0.487 e. The van der Waals surface area contributed by atoms with Crippen molar-refractivity contribution in [2.45, 2.75) is 37.8 Å². The summed E-state index contributed by atoms with van der Waals surface area (Å²) in [5, 5.41) is 9.12. The van der Waals surface area contributed by atoms with Crippen LogP contribution < -0.4 is 4.74 Å². The van der Waals surface area contributed by atoms with Crippen LogP contribution in [0.4, 0.5) is 8.78 Å². The van der Waals surface area contributed by atoms with Crippen molar-refractivity contribution in [3.8, 4) is 11.8 Å². The predicted octanol–water partition coefficient (Wildman–Crippen LogP) is 2.03. The van der Waals surface area contributed by atoms with Crippen LogP contribution in [0, 0.1) is 16.7 Å². The first kappa shape index (κ1) is 13.4. The van der Waals surface area contributed by atoms with Gasteiger partial charge >= 0.3 is 0 Å². The van der Waals surface area contributed by atoms with Gasteiger partial charge in [-0.25, -0.2) is 8.78 Å². The molecule has 4 rings (SSSR count). The monoisotopic (exact) mass is 305 g/mol. The lowest BCUT2D eigenvalue weighted by Gasteiger charge is -2.28. The van der Waals surface area contributed by atoms with Crippen molar-refractivity contribution in [3.63, 3.8) is 0 Å². The number of rotatable bonds is 1. The van der Waals surface area contributed by atoms with Crippen LogP contribution in [0.1, 0.15) is 36.9 Å². The van der Waals surface area contributed by atoms with E-state index in [2.05, 4.69) is 4.98 Å². The van der Waals surface area contributed by atoms with Crippen LogP contribution in [-0.4, -0.2) is 34.4 Å². The molecule has 2 fully saturated rings. The molecule has 0 aromatic carbocycles. The number of nitrogens with zero attached hydrogens (tertiary/aromatic N) is 3. The maximum absolute atomic E-state index is 13.5. The molecule has 1 unspecified atom stereocenters. The number of alkyl halides is 2. The summed E-state index contributed by atoms with van der Waals surface area (Å²) in [6.07, 6.45) is 2.85. The Morgan fingerprint density at radius 2 is 2.27 bits per heavy atom. The van der Waals surface area contributed by atoms with Gasteiger partial charge in [0.1, 0.15) is 28.9 Å². The maximum atomic E-state index is 13.5. The zero-order valence-electron chi connectivity index (χ0n) is 11.8. The average Bonchev–Trinajstić information content (AvgIpc) is 2.85. The van der Waals surface area contributed by atoms with Crippen molar-refractivity contribution in [2.24, 2.45) is 5.41 Å². The van der Waals surface area contributed by atoms with E-state index in [-0.39, 0.29) is 18.7 Å². The third kappa shape index (κ3) is 1.55. The topological polar surface area (TPSA) is 66.2 Å². The maximum Gasteiger partial charge on any atom is 0.263 e. The number of carbonyl (C=O) groups excluding carboxylic acids is 1. The lowest BCUT2D eigenvalue weighted by molar-refractivity contribution is -0.141. The van der Waals surface area contributed by atoms with Crippen LogP contribution in [0.25, 0.3) is 0 Å². The molecule has 3 atom stereocenters. The van der Waals surface area contributed by atoms with Gasteiger partial charge < -0.3 is 9.64 Å². The number of hydrogen-bond donors (Lipinski definition) is 0. The second kappa shape index (κ2) is 3.94. The molecule has 1 saturated carbocycles. The van der Waals surface area contributed by atoms with E-state index in [0.29, 0.717) is 23.3 Å². The number of pyridine rings is 1. The molecule has 3 aliphatic rings. The molecule has 0 radical (unpaired) electrons. The smallest absolute Gasteiger partial charge is 0.263 e. The largest absolute Gasteiger partial charge is 0.487 e. The SMILES string of the molecule is CC1(C(=O)N2C[C@@H]3C[C@H]2c2cncc(C#N)c2O3)CC1(F)F. The second-order valence-electron chi connectivity index (χ2n) is 6.38. The van der Waals surface area contributed by atoms with Crippen molar-refractivity contribution in [1.29, 1.82) is 5.26 Å². The standard InChI is InChI=1S/C15H13F2N3O2/c1-14(7-15(14,16)17)13(21)20-6-9-2-11(20)10-5-19-4-8(3-18)12(10)22-9/h4-5,9,11H,2,6-7H2,1H3/t9-,11-,14?/m0/s1. The lowest BCUT2D eigenvalue weighted by Crippen LogP contribution is -2.38. The normalized spacial score (nSPS) is 33.6. The number of ether oxygens (including phenoxy) is 1. The van der Waals surface area contributed by atoms with E-state index >= 15 is 0 Å². The fourth-order valence-electron chi connectivity index (χ4n) is 3.43. The number of hydrogen-bond acceptors (Lipinski definition) is 4. The summed E-state index contributed by atoms with van der Waals surface area (Å²) < 4.78 is 32.8. The molecule has 114 valence electrons. The second-order valence-corrected chi connectivity index (χ2v) is 6.38. The van der Waals surface area contributed by atoms with Crippen LogP contribution in [0.5, 0.6) is 5.75 Å². The van der Waals surface area contributed by atoms with Gasteiger partial charge in [-0.15, -0.1) is 0 Å². The zero-order valence-corrected chi connectivity index (χ0v) is 11.8. The molecule has 0 spiro atoms. The molecule has 2 bridgehead atoms. The lowest BCUT2D eigenvalue weighted by atomic mass is 9.99. The number of aromatic nitrogens is 1. The van der Waals surface area contributed by atoms with Crippen LogP contribution in [0.15, 0.2) is 12.4 Å². The van der Waals surface area contributed by atoms with Crippen LogP contribution in [0.3, 0.4) is 0 Å². The van der Waals surface area contributed by atoms with E-state index in [1.807, 2.05) is 6.07 Å². The molecule has 1 amide bonds.